The van der Waals surface area contributed by atoms with Crippen LogP contribution in [0.1, 0.15) is 45.4 Å². The van der Waals surface area contributed by atoms with E-state index in [-0.39, 0.29) is 12.5 Å². The molecule has 0 spiro atoms. The number of carbonyl (C=O) groups excluding carboxylic acids is 1. The second kappa shape index (κ2) is 5.08. The summed E-state index contributed by atoms with van der Waals surface area (Å²) < 4.78 is 5.25. The van der Waals surface area contributed by atoms with Crippen molar-refractivity contribution in [3.63, 3.8) is 0 Å². The molecule has 0 aliphatic heterocycles. The van der Waals surface area contributed by atoms with E-state index < -0.39 is 0 Å². The van der Waals surface area contributed by atoms with Gasteiger partial charge in [-0.05, 0) is 68.6 Å². The van der Waals surface area contributed by atoms with E-state index in [1.54, 1.807) is 0 Å². The van der Waals surface area contributed by atoms with Gasteiger partial charge in [-0.3, -0.25) is 4.79 Å². The van der Waals surface area contributed by atoms with E-state index in [0.29, 0.717) is 12.0 Å². The fraction of sp³-hybridized carbons (Fsp3) is 0.938. The summed E-state index contributed by atoms with van der Waals surface area (Å²) in [6.45, 7) is 3.77. The molecule has 4 fully saturated rings. The minimum absolute atomic E-state index is 0.151. The molecule has 0 atom stereocenters. The zero-order valence-electron chi connectivity index (χ0n) is 12.4. The molecule has 0 aromatic carbocycles. The van der Waals surface area contributed by atoms with Gasteiger partial charge < -0.3 is 9.64 Å². The van der Waals surface area contributed by atoms with Crippen molar-refractivity contribution >= 4 is 5.91 Å². The van der Waals surface area contributed by atoms with Gasteiger partial charge in [-0.2, -0.15) is 0 Å². The van der Waals surface area contributed by atoms with Crippen LogP contribution >= 0.6 is 0 Å². The molecule has 4 bridgehead atoms. The Hall–Kier alpha value is -0.570. The van der Waals surface area contributed by atoms with Gasteiger partial charge in [0, 0.05) is 20.2 Å². The molecule has 19 heavy (non-hydrogen) atoms. The summed E-state index contributed by atoms with van der Waals surface area (Å²) in [5, 5.41) is 0. The Kier molecular flexibility index (Phi) is 3.59. The number of rotatable bonds is 5. The van der Waals surface area contributed by atoms with Crippen LogP contribution in [0.2, 0.25) is 0 Å². The molecule has 3 nitrogen and oxygen atoms in total. The lowest BCUT2D eigenvalue weighted by molar-refractivity contribution is -0.139. The molecule has 4 saturated carbocycles. The highest BCUT2D eigenvalue weighted by atomic mass is 16.5. The zero-order valence-corrected chi connectivity index (χ0v) is 12.4. The fourth-order valence-electron chi connectivity index (χ4n) is 5.37. The molecule has 0 aromatic rings. The third-order valence-electron chi connectivity index (χ3n) is 5.59. The highest BCUT2D eigenvalue weighted by Gasteiger charge is 2.51. The molecule has 0 saturated heterocycles. The van der Waals surface area contributed by atoms with E-state index in [2.05, 4.69) is 0 Å². The van der Waals surface area contributed by atoms with Gasteiger partial charge in [-0.15, -0.1) is 0 Å². The average Bonchev–Trinajstić information content (AvgIpc) is 2.33. The van der Waals surface area contributed by atoms with Crippen LogP contribution < -0.4 is 0 Å². The molecule has 0 aromatic heterocycles. The molecule has 0 radical (unpaired) electrons. The Morgan fingerprint density at radius 3 is 2.16 bits per heavy atom. The van der Waals surface area contributed by atoms with Gasteiger partial charge in [0.2, 0.25) is 5.91 Å². The molecular formula is C16H27NO2. The molecule has 3 heteroatoms. The van der Waals surface area contributed by atoms with Gasteiger partial charge in [-0.1, -0.05) is 0 Å². The van der Waals surface area contributed by atoms with Gasteiger partial charge >= 0.3 is 0 Å². The highest BCUT2D eigenvalue weighted by molar-refractivity contribution is 5.77. The lowest BCUT2D eigenvalue weighted by Gasteiger charge is -2.57. The van der Waals surface area contributed by atoms with Crippen molar-refractivity contribution < 1.29 is 9.53 Å². The summed E-state index contributed by atoms with van der Waals surface area (Å²) in [7, 11) is 1.96. The van der Waals surface area contributed by atoms with Gasteiger partial charge in [0.05, 0.1) is 0 Å². The van der Waals surface area contributed by atoms with Crippen LogP contribution in [0, 0.1) is 23.2 Å². The number of likely N-dealkylation sites (N-methyl/N-ethyl adjacent to an activating group) is 1. The summed E-state index contributed by atoms with van der Waals surface area (Å²) in [5.41, 5.74) is 0.450. The first-order valence-electron chi connectivity index (χ1n) is 7.92. The first-order chi connectivity index (χ1) is 9.10. The van der Waals surface area contributed by atoms with Gasteiger partial charge in [0.1, 0.15) is 6.61 Å². The van der Waals surface area contributed by atoms with Crippen LogP contribution in [0.25, 0.3) is 0 Å². The largest absolute Gasteiger partial charge is 0.372 e. The molecule has 4 rings (SSSR count). The van der Waals surface area contributed by atoms with Crippen molar-refractivity contribution in [2.24, 2.45) is 23.2 Å². The number of ether oxygens (including phenoxy) is 1. The number of amides is 1. The quantitative estimate of drug-likeness (QED) is 0.765. The van der Waals surface area contributed by atoms with Gasteiger partial charge in [0.25, 0.3) is 0 Å². The minimum Gasteiger partial charge on any atom is -0.372 e. The Labute approximate surface area is 116 Å². The first-order valence-corrected chi connectivity index (χ1v) is 7.92. The highest BCUT2D eigenvalue weighted by Crippen LogP contribution is 2.60. The minimum atomic E-state index is 0.151. The summed E-state index contributed by atoms with van der Waals surface area (Å²) in [6.07, 6.45) is 8.50. The van der Waals surface area contributed by atoms with Crippen LogP contribution in [0.3, 0.4) is 0 Å². The molecule has 0 N–H and O–H groups in total. The van der Waals surface area contributed by atoms with E-state index in [1.165, 1.54) is 38.5 Å². The van der Waals surface area contributed by atoms with Crippen molar-refractivity contribution in [3.8, 4) is 0 Å². The van der Waals surface area contributed by atoms with Crippen molar-refractivity contribution in [1.29, 1.82) is 0 Å². The van der Waals surface area contributed by atoms with Gasteiger partial charge in [-0.25, -0.2) is 0 Å². The number of hydrogen-bond donors (Lipinski definition) is 0. The molecular weight excluding hydrogens is 238 g/mol. The Morgan fingerprint density at radius 2 is 1.68 bits per heavy atom. The fourth-order valence-corrected chi connectivity index (χ4v) is 5.37. The molecule has 1 amide bonds. The van der Waals surface area contributed by atoms with Crippen LogP contribution in [-0.4, -0.2) is 37.6 Å². The monoisotopic (exact) mass is 265 g/mol. The molecule has 0 heterocycles. The van der Waals surface area contributed by atoms with Crippen molar-refractivity contribution in [3.05, 3.63) is 0 Å². The van der Waals surface area contributed by atoms with E-state index in [1.807, 2.05) is 18.9 Å². The maximum Gasteiger partial charge on any atom is 0.248 e. The van der Waals surface area contributed by atoms with E-state index >= 15 is 0 Å². The normalized spacial score (nSPS) is 39.6. The summed E-state index contributed by atoms with van der Waals surface area (Å²) in [6, 6.07) is 0. The van der Waals surface area contributed by atoms with Crippen molar-refractivity contribution in [2.75, 3.05) is 26.8 Å². The van der Waals surface area contributed by atoms with E-state index in [9.17, 15) is 4.79 Å². The molecule has 0 unspecified atom stereocenters. The number of nitrogens with zero attached hydrogens (tertiary/aromatic N) is 1. The SMILES string of the molecule is CCOCC(=O)N(C)CC12CC3CC(CC(C3)C1)C2. The second-order valence-electron chi connectivity index (χ2n) is 7.30. The van der Waals surface area contributed by atoms with Crippen LogP contribution in [-0.2, 0) is 9.53 Å². The van der Waals surface area contributed by atoms with Crippen LogP contribution in [0.5, 0.6) is 0 Å². The second-order valence-corrected chi connectivity index (χ2v) is 7.30. The standard InChI is InChI=1S/C16H27NO2/c1-3-19-10-15(18)17(2)11-16-7-12-4-13(8-16)6-14(5-12)9-16/h12-14H,3-11H2,1-2H3. The Balaban J connectivity index is 1.61. The lowest BCUT2D eigenvalue weighted by atomic mass is 9.49. The summed E-state index contributed by atoms with van der Waals surface area (Å²) in [5.74, 6) is 3.03. The summed E-state index contributed by atoms with van der Waals surface area (Å²) in [4.78, 5) is 14.0. The van der Waals surface area contributed by atoms with Crippen LogP contribution in [0.4, 0.5) is 0 Å². The number of hydrogen-bond acceptors (Lipinski definition) is 2. The molecule has 4 aliphatic rings. The maximum atomic E-state index is 12.0. The predicted molar refractivity (Wildman–Crippen MR) is 74.7 cm³/mol. The van der Waals surface area contributed by atoms with E-state index in [0.717, 1.165) is 24.3 Å². The van der Waals surface area contributed by atoms with Gasteiger partial charge in [0.15, 0.2) is 0 Å². The third-order valence-corrected chi connectivity index (χ3v) is 5.59. The first kappa shape index (κ1) is 13.4. The number of carbonyl (C=O) groups is 1. The third kappa shape index (κ3) is 2.67. The maximum absolute atomic E-state index is 12.0. The predicted octanol–water partition coefficient (Wildman–Crippen LogP) is 2.70. The Bertz CT molecular complexity index is 317. The smallest absolute Gasteiger partial charge is 0.248 e. The topological polar surface area (TPSA) is 29.5 Å². The summed E-state index contributed by atoms with van der Waals surface area (Å²) >= 11 is 0. The molecule has 4 aliphatic carbocycles. The van der Waals surface area contributed by atoms with Crippen LogP contribution in [0.15, 0.2) is 0 Å². The average molecular weight is 265 g/mol. The zero-order chi connectivity index (χ0) is 13.5. The van der Waals surface area contributed by atoms with Crippen molar-refractivity contribution in [1.82, 2.24) is 4.90 Å². The van der Waals surface area contributed by atoms with Crippen molar-refractivity contribution in [2.45, 2.75) is 45.4 Å². The Morgan fingerprint density at radius 1 is 1.16 bits per heavy atom. The molecule has 108 valence electrons. The van der Waals surface area contributed by atoms with E-state index in [4.69, 9.17) is 4.74 Å². The lowest BCUT2D eigenvalue weighted by Crippen LogP contribution is -2.51.